The van der Waals surface area contributed by atoms with Crippen LogP contribution in [0, 0.1) is 0 Å². The summed E-state index contributed by atoms with van der Waals surface area (Å²) in [5, 5.41) is 20.4. The second kappa shape index (κ2) is 6.17. The topological polar surface area (TPSA) is 99.1 Å². The minimum Gasteiger partial charge on any atom is -0.507 e. The Hall–Kier alpha value is -3.71. The summed E-state index contributed by atoms with van der Waals surface area (Å²) in [6.45, 7) is 0. The van der Waals surface area contributed by atoms with Crippen LogP contribution in [0.5, 0.6) is 5.75 Å². The first-order chi connectivity index (χ1) is 13.6. The molecule has 3 aromatic carbocycles. The zero-order valence-electron chi connectivity index (χ0n) is 14.4. The molecule has 0 saturated heterocycles. The summed E-state index contributed by atoms with van der Waals surface area (Å²) in [4.78, 5) is 23.4. The first-order valence-corrected chi connectivity index (χ1v) is 9.32. The van der Waals surface area contributed by atoms with E-state index in [0.29, 0.717) is 22.4 Å². The summed E-state index contributed by atoms with van der Waals surface area (Å²) in [6, 6.07) is 17.9. The van der Waals surface area contributed by atoms with Crippen LogP contribution in [-0.2, 0) is 0 Å². The van der Waals surface area contributed by atoms with Gasteiger partial charge in [-0.25, -0.2) is 14.8 Å². The van der Waals surface area contributed by atoms with Gasteiger partial charge in [-0.1, -0.05) is 12.1 Å². The fourth-order valence-electron chi connectivity index (χ4n) is 3.12. The summed E-state index contributed by atoms with van der Waals surface area (Å²) in [7, 11) is 0. The number of rotatable bonds is 3. The maximum Gasteiger partial charge on any atom is 0.335 e. The molecule has 0 fully saturated rings. The number of aromatic hydroxyl groups is 1. The Morgan fingerprint density at radius 2 is 1.82 bits per heavy atom. The molecule has 5 rings (SSSR count). The van der Waals surface area contributed by atoms with Gasteiger partial charge < -0.3 is 15.2 Å². The minimum atomic E-state index is -1.00. The number of phenolic OH excluding ortho intramolecular Hbond substituents is 1. The molecule has 0 bridgehead atoms. The minimum absolute atomic E-state index is 0.0855. The number of aromatic nitrogens is 3. The Morgan fingerprint density at radius 1 is 0.964 bits per heavy atom. The Balaban J connectivity index is 1.63. The largest absolute Gasteiger partial charge is 0.507 e. The molecule has 3 N–H and O–H groups in total. The molecule has 0 aliphatic rings. The lowest BCUT2D eigenvalue weighted by Gasteiger charge is -2.04. The second-order valence-electron chi connectivity index (χ2n) is 6.34. The molecule has 2 aromatic heterocycles. The zero-order valence-corrected chi connectivity index (χ0v) is 15.2. The van der Waals surface area contributed by atoms with E-state index in [2.05, 4.69) is 15.0 Å². The number of hydrogen-bond acceptors (Lipinski definition) is 5. The standard InChI is InChI=1S/C21H13N3O3S/c25-17-8-6-11(20-24-15-3-1-2-4-18(15)28-20)9-13(17)19-22-14-7-5-12(21(26)27)10-16(14)23-19/h1-10,25H,(H,22,23)(H,26,27). The lowest BCUT2D eigenvalue weighted by atomic mass is 10.1. The molecule has 0 saturated carbocycles. The van der Waals surface area contributed by atoms with E-state index in [1.54, 1.807) is 23.5 Å². The van der Waals surface area contributed by atoms with Gasteiger partial charge in [0.25, 0.3) is 0 Å². The molecule has 0 spiro atoms. The van der Waals surface area contributed by atoms with Crippen molar-refractivity contribution >= 4 is 38.6 Å². The Kier molecular flexibility index (Phi) is 3.63. The van der Waals surface area contributed by atoms with Crippen molar-refractivity contribution in [2.24, 2.45) is 0 Å². The number of hydrogen-bond donors (Lipinski definition) is 3. The number of carbonyl (C=O) groups is 1. The van der Waals surface area contributed by atoms with E-state index in [4.69, 9.17) is 5.11 Å². The van der Waals surface area contributed by atoms with Crippen molar-refractivity contribution in [3.8, 4) is 27.7 Å². The number of carboxylic acid groups (broad SMARTS) is 1. The van der Waals surface area contributed by atoms with Gasteiger partial charge in [0.15, 0.2) is 0 Å². The molecule has 0 unspecified atom stereocenters. The smallest absolute Gasteiger partial charge is 0.335 e. The van der Waals surface area contributed by atoms with Gasteiger partial charge in [-0.15, -0.1) is 11.3 Å². The Bertz CT molecular complexity index is 1340. The highest BCUT2D eigenvalue weighted by molar-refractivity contribution is 7.21. The van der Waals surface area contributed by atoms with Crippen LogP contribution in [0.2, 0.25) is 0 Å². The number of benzene rings is 3. The van der Waals surface area contributed by atoms with Gasteiger partial charge in [0, 0.05) is 5.56 Å². The fourth-order valence-corrected chi connectivity index (χ4v) is 4.09. The highest BCUT2D eigenvalue weighted by atomic mass is 32.1. The number of nitrogens with zero attached hydrogens (tertiary/aromatic N) is 2. The molecule has 7 heteroatoms. The SMILES string of the molecule is O=C(O)c1ccc2nc(-c3cc(-c4nc5ccccc5s4)ccc3O)[nH]c2c1. The molecular weight excluding hydrogens is 374 g/mol. The fraction of sp³-hybridized carbons (Fsp3) is 0. The number of H-pyrrole nitrogens is 1. The molecule has 0 aliphatic carbocycles. The lowest BCUT2D eigenvalue weighted by Crippen LogP contribution is -1.94. The molecule has 0 radical (unpaired) electrons. The van der Waals surface area contributed by atoms with Gasteiger partial charge in [-0.05, 0) is 48.5 Å². The van der Waals surface area contributed by atoms with Crippen LogP contribution in [0.4, 0.5) is 0 Å². The van der Waals surface area contributed by atoms with Gasteiger partial charge in [0.05, 0.1) is 32.4 Å². The van der Waals surface area contributed by atoms with Crippen LogP contribution in [0.15, 0.2) is 60.7 Å². The first-order valence-electron chi connectivity index (χ1n) is 8.51. The van der Waals surface area contributed by atoms with Gasteiger partial charge >= 0.3 is 5.97 Å². The number of nitrogens with one attached hydrogen (secondary N) is 1. The molecule has 6 nitrogen and oxygen atoms in total. The summed E-state index contributed by atoms with van der Waals surface area (Å²) in [5.41, 5.74) is 3.74. The number of phenols is 1. The van der Waals surface area contributed by atoms with Crippen LogP contribution in [0.1, 0.15) is 10.4 Å². The monoisotopic (exact) mass is 387 g/mol. The van der Waals surface area contributed by atoms with Gasteiger partial charge in [-0.3, -0.25) is 0 Å². The van der Waals surface area contributed by atoms with E-state index < -0.39 is 5.97 Å². The molecular formula is C21H13N3O3S. The quantitative estimate of drug-likeness (QED) is 0.408. The summed E-state index contributed by atoms with van der Waals surface area (Å²) < 4.78 is 1.09. The maximum absolute atomic E-state index is 11.2. The molecule has 2 heterocycles. The second-order valence-corrected chi connectivity index (χ2v) is 7.37. The van der Waals surface area contributed by atoms with Crippen LogP contribution in [-0.4, -0.2) is 31.1 Å². The van der Waals surface area contributed by atoms with Crippen LogP contribution < -0.4 is 0 Å². The summed E-state index contributed by atoms with van der Waals surface area (Å²) in [5.74, 6) is -0.445. The third kappa shape index (κ3) is 2.69. The van der Waals surface area contributed by atoms with Gasteiger partial charge in [0.1, 0.15) is 16.6 Å². The summed E-state index contributed by atoms with van der Waals surface area (Å²) >= 11 is 1.58. The molecule has 28 heavy (non-hydrogen) atoms. The summed E-state index contributed by atoms with van der Waals surface area (Å²) in [6.07, 6.45) is 0. The van der Waals surface area contributed by atoms with E-state index in [9.17, 15) is 9.90 Å². The third-order valence-corrected chi connectivity index (χ3v) is 5.61. The molecule has 5 aromatic rings. The maximum atomic E-state index is 11.2. The number of aromatic carboxylic acids is 1. The predicted octanol–water partition coefficient (Wildman–Crippen LogP) is 4.91. The van der Waals surface area contributed by atoms with Crippen molar-refractivity contribution in [3.05, 3.63) is 66.2 Å². The molecule has 0 atom stereocenters. The highest BCUT2D eigenvalue weighted by Crippen LogP contribution is 2.36. The van der Waals surface area contributed by atoms with Crippen molar-refractivity contribution < 1.29 is 15.0 Å². The average Bonchev–Trinajstić information content (AvgIpc) is 3.31. The van der Waals surface area contributed by atoms with E-state index in [1.165, 1.54) is 12.1 Å². The van der Waals surface area contributed by atoms with Crippen molar-refractivity contribution in [1.82, 2.24) is 15.0 Å². The zero-order chi connectivity index (χ0) is 19.3. The van der Waals surface area contributed by atoms with E-state index in [0.717, 1.165) is 20.8 Å². The predicted molar refractivity (Wildman–Crippen MR) is 109 cm³/mol. The van der Waals surface area contributed by atoms with Crippen molar-refractivity contribution in [1.29, 1.82) is 0 Å². The van der Waals surface area contributed by atoms with E-state index in [1.807, 2.05) is 36.4 Å². The average molecular weight is 387 g/mol. The van der Waals surface area contributed by atoms with Crippen molar-refractivity contribution in [2.45, 2.75) is 0 Å². The number of aromatic amines is 1. The first kappa shape index (κ1) is 16.5. The third-order valence-electron chi connectivity index (χ3n) is 4.52. The van der Waals surface area contributed by atoms with Crippen LogP contribution >= 0.6 is 11.3 Å². The Morgan fingerprint density at radius 3 is 2.64 bits per heavy atom. The van der Waals surface area contributed by atoms with E-state index in [-0.39, 0.29) is 11.3 Å². The molecule has 0 aliphatic heterocycles. The molecule has 136 valence electrons. The normalized spacial score (nSPS) is 11.3. The number of carboxylic acids is 1. The van der Waals surface area contributed by atoms with Crippen molar-refractivity contribution in [2.75, 3.05) is 0 Å². The number of thiazole rings is 1. The Labute approximate surface area is 162 Å². The molecule has 0 amide bonds. The lowest BCUT2D eigenvalue weighted by molar-refractivity contribution is 0.0697. The van der Waals surface area contributed by atoms with Crippen molar-refractivity contribution in [3.63, 3.8) is 0 Å². The van der Waals surface area contributed by atoms with Crippen LogP contribution in [0.25, 0.3) is 43.2 Å². The number of fused-ring (bicyclic) bond motifs is 2. The van der Waals surface area contributed by atoms with Gasteiger partial charge in [-0.2, -0.15) is 0 Å². The number of imidazole rings is 1. The van der Waals surface area contributed by atoms with E-state index >= 15 is 0 Å². The highest BCUT2D eigenvalue weighted by Gasteiger charge is 2.14. The number of para-hydroxylation sites is 1. The van der Waals surface area contributed by atoms with Gasteiger partial charge in [0.2, 0.25) is 0 Å². The van der Waals surface area contributed by atoms with Crippen LogP contribution in [0.3, 0.4) is 0 Å².